The number of rotatable bonds is 8. The largest absolute Gasteiger partial charge is 0.497 e. The van der Waals surface area contributed by atoms with Crippen LogP contribution in [0.3, 0.4) is 0 Å². The Morgan fingerprint density at radius 3 is 1.83 bits per heavy atom. The third-order valence-corrected chi connectivity index (χ3v) is 4.04. The third-order valence-electron chi connectivity index (χ3n) is 4.04. The molecule has 1 aromatic rings. The predicted molar refractivity (Wildman–Crippen MR) is 87.3 cm³/mol. The zero-order valence-corrected chi connectivity index (χ0v) is 14.5. The number of esters is 2. The highest BCUT2D eigenvalue weighted by atomic mass is 16.6. The van der Waals surface area contributed by atoms with Crippen molar-refractivity contribution in [3.05, 3.63) is 29.8 Å². The SMILES string of the molecule is CCOC(=O)C(C(=O)OCC)[C@H](C)[C@H](C)c1ccc(OC)cc1. The molecule has 5 nitrogen and oxygen atoms in total. The predicted octanol–water partition coefficient (Wildman–Crippen LogP) is 3.18. The van der Waals surface area contributed by atoms with Gasteiger partial charge in [0.15, 0.2) is 5.92 Å². The molecule has 0 N–H and O–H groups in total. The summed E-state index contributed by atoms with van der Waals surface area (Å²) in [7, 11) is 1.61. The molecule has 0 aromatic heterocycles. The second kappa shape index (κ2) is 9.18. The maximum atomic E-state index is 12.2. The Hall–Kier alpha value is -2.04. The van der Waals surface area contributed by atoms with Crippen molar-refractivity contribution in [1.29, 1.82) is 0 Å². The van der Waals surface area contributed by atoms with Gasteiger partial charge in [0.05, 0.1) is 20.3 Å². The number of carbonyl (C=O) groups is 2. The van der Waals surface area contributed by atoms with E-state index in [1.807, 2.05) is 38.1 Å². The zero-order valence-electron chi connectivity index (χ0n) is 14.5. The van der Waals surface area contributed by atoms with Crippen LogP contribution >= 0.6 is 0 Å². The molecule has 0 aliphatic heterocycles. The molecule has 23 heavy (non-hydrogen) atoms. The highest BCUT2D eigenvalue weighted by Crippen LogP contribution is 2.32. The van der Waals surface area contributed by atoms with E-state index >= 15 is 0 Å². The van der Waals surface area contributed by atoms with Gasteiger partial charge >= 0.3 is 11.9 Å². The first-order chi connectivity index (χ1) is 11.0. The molecular formula is C18H26O5. The lowest BCUT2D eigenvalue weighted by atomic mass is 9.80. The van der Waals surface area contributed by atoms with Gasteiger partial charge in [0.2, 0.25) is 0 Å². The van der Waals surface area contributed by atoms with Crippen LogP contribution in [-0.4, -0.2) is 32.3 Å². The molecule has 1 aromatic carbocycles. The van der Waals surface area contributed by atoms with Crippen molar-refractivity contribution in [2.24, 2.45) is 11.8 Å². The first-order valence-corrected chi connectivity index (χ1v) is 7.93. The van der Waals surface area contributed by atoms with Gasteiger partial charge < -0.3 is 14.2 Å². The molecule has 0 radical (unpaired) electrons. The molecule has 0 heterocycles. The van der Waals surface area contributed by atoms with Gasteiger partial charge in [0.1, 0.15) is 5.75 Å². The van der Waals surface area contributed by atoms with Gasteiger partial charge in [-0.15, -0.1) is 0 Å². The first-order valence-electron chi connectivity index (χ1n) is 7.93. The van der Waals surface area contributed by atoms with Gasteiger partial charge in [-0.1, -0.05) is 26.0 Å². The summed E-state index contributed by atoms with van der Waals surface area (Å²) in [4.78, 5) is 24.4. The molecule has 2 atom stereocenters. The highest BCUT2D eigenvalue weighted by Gasteiger charge is 2.37. The van der Waals surface area contributed by atoms with E-state index in [2.05, 4.69) is 0 Å². The van der Waals surface area contributed by atoms with E-state index < -0.39 is 17.9 Å². The monoisotopic (exact) mass is 322 g/mol. The number of benzene rings is 1. The van der Waals surface area contributed by atoms with E-state index in [1.165, 1.54) is 0 Å². The number of ether oxygens (including phenoxy) is 3. The summed E-state index contributed by atoms with van der Waals surface area (Å²) >= 11 is 0. The van der Waals surface area contributed by atoms with Gasteiger partial charge in [-0.2, -0.15) is 0 Å². The molecule has 0 amide bonds. The van der Waals surface area contributed by atoms with Crippen LogP contribution < -0.4 is 4.74 Å². The summed E-state index contributed by atoms with van der Waals surface area (Å²) in [6.07, 6.45) is 0. The van der Waals surface area contributed by atoms with Crippen molar-refractivity contribution in [3.8, 4) is 5.75 Å². The molecule has 0 bridgehead atoms. The quantitative estimate of drug-likeness (QED) is 0.543. The molecule has 0 saturated heterocycles. The van der Waals surface area contributed by atoms with Crippen LogP contribution in [0.4, 0.5) is 0 Å². The minimum Gasteiger partial charge on any atom is -0.497 e. The van der Waals surface area contributed by atoms with Crippen LogP contribution in [0.5, 0.6) is 5.75 Å². The Bertz CT molecular complexity index is 491. The summed E-state index contributed by atoms with van der Waals surface area (Å²) in [6, 6.07) is 7.60. The fourth-order valence-corrected chi connectivity index (χ4v) is 2.49. The highest BCUT2D eigenvalue weighted by molar-refractivity contribution is 5.95. The average molecular weight is 322 g/mol. The second-order valence-corrected chi connectivity index (χ2v) is 5.40. The fourth-order valence-electron chi connectivity index (χ4n) is 2.49. The molecule has 0 unspecified atom stereocenters. The number of methoxy groups -OCH3 is 1. The number of hydrogen-bond donors (Lipinski definition) is 0. The number of carbonyl (C=O) groups excluding carboxylic acids is 2. The maximum Gasteiger partial charge on any atom is 0.320 e. The van der Waals surface area contributed by atoms with Gasteiger partial charge in [-0.05, 0) is 43.4 Å². The number of hydrogen-bond acceptors (Lipinski definition) is 5. The van der Waals surface area contributed by atoms with Crippen molar-refractivity contribution >= 4 is 11.9 Å². The zero-order chi connectivity index (χ0) is 17.4. The van der Waals surface area contributed by atoms with E-state index in [1.54, 1.807) is 21.0 Å². The summed E-state index contributed by atoms with van der Waals surface area (Å²) in [6.45, 7) is 7.76. The Morgan fingerprint density at radius 1 is 0.957 bits per heavy atom. The van der Waals surface area contributed by atoms with Gasteiger partial charge in [-0.3, -0.25) is 9.59 Å². The minimum absolute atomic E-state index is 0.0141. The standard InChI is InChI=1S/C18H26O5/c1-6-22-17(19)16(18(20)23-7-2)13(4)12(3)14-8-10-15(21-5)11-9-14/h8-13,16H,6-7H2,1-5H3/t12-,13+/m0/s1. The minimum atomic E-state index is -0.924. The van der Waals surface area contributed by atoms with Gasteiger partial charge in [0.25, 0.3) is 0 Å². The molecule has 0 aliphatic carbocycles. The molecule has 128 valence electrons. The van der Waals surface area contributed by atoms with Crippen LogP contribution in [0.25, 0.3) is 0 Å². The van der Waals surface area contributed by atoms with Crippen LogP contribution in [0.2, 0.25) is 0 Å². The van der Waals surface area contributed by atoms with Crippen LogP contribution in [0.1, 0.15) is 39.2 Å². The maximum absolute atomic E-state index is 12.2. The van der Waals surface area contributed by atoms with Crippen molar-refractivity contribution in [1.82, 2.24) is 0 Å². The Labute approximate surface area is 137 Å². The molecule has 0 aliphatic rings. The average Bonchev–Trinajstić information content (AvgIpc) is 2.55. The smallest absolute Gasteiger partial charge is 0.320 e. The first kappa shape index (κ1) is 19.0. The third kappa shape index (κ3) is 4.98. The van der Waals surface area contributed by atoms with Crippen LogP contribution in [0, 0.1) is 11.8 Å². The van der Waals surface area contributed by atoms with Gasteiger partial charge in [-0.25, -0.2) is 0 Å². The summed E-state index contributed by atoms with van der Waals surface area (Å²) in [5, 5.41) is 0. The lowest BCUT2D eigenvalue weighted by molar-refractivity contribution is -0.164. The lowest BCUT2D eigenvalue weighted by Crippen LogP contribution is -2.35. The van der Waals surface area contributed by atoms with Crippen molar-refractivity contribution in [2.45, 2.75) is 33.6 Å². The van der Waals surface area contributed by atoms with Crippen molar-refractivity contribution in [2.75, 3.05) is 20.3 Å². The van der Waals surface area contributed by atoms with Crippen LogP contribution in [0.15, 0.2) is 24.3 Å². The molecular weight excluding hydrogens is 296 g/mol. The van der Waals surface area contributed by atoms with E-state index in [0.29, 0.717) is 0 Å². The van der Waals surface area contributed by atoms with Gasteiger partial charge in [0, 0.05) is 0 Å². The van der Waals surface area contributed by atoms with Crippen molar-refractivity contribution < 1.29 is 23.8 Å². The Kier molecular flexibility index (Phi) is 7.59. The van der Waals surface area contributed by atoms with E-state index in [4.69, 9.17) is 14.2 Å². The van der Waals surface area contributed by atoms with E-state index in [9.17, 15) is 9.59 Å². The summed E-state index contributed by atoms with van der Waals surface area (Å²) in [5.74, 6) is -1.48. The summed E-state index contributed by atoms with van der Waals surface area (Å²) < 4.78 is 15.3. The second-order valence-electron chi connectivity index (χ2n) is 5.40. The van der Waals surface area contributed by atoms with E-state index in [0.717, 1.165) is 11.3 Å². The van der Waals surface area contributed by atoms with Crippen LogP contribution in [-0.2, 0) is 19.1 Å². The molecule has 5 heteroatoms. The summed E-state index contributed by atoms with van der Waals surface area (Å²) in [5.41, 5.74) is 1.02. The lowest BCUT2D eigenvalue weighted by Gasteiger charge is -2.26. The molecule has 0 saturated carbocycles. The fraction of sp³-hybridized carbons (Fsp3) is 0.556. The molecule has 0 fully saturated rings. The Balaban J connectivity index is 2.98. The normalized spacial score (nSPS) is 13.3. The molecule has 0 spiro atoms. The Morgan fingerprint density at radius 2 is 1.43 bits per heavy atom. The van der Waals surface area contributed by atoms with E-state index in [-0.39, 0.29) is 25.0 Å². The molecule has 1 rings (SSSR count). The topological polar surface area (TPSA) is 61.8 Å². The van der Waals surface area contributed by atoms with Crippen molar-refractivity contribution in [3.63, 3.8) is 0 Å².